The van der Waals surface area contributed by atoms with Crippen molar-refractivity contribution in [2.75, 3.05) is 10.2 Å². The number of nitriles is 1. The molecule has 0 bridgehead atoms. The van der Waals surface area contributed by atoms with Gasteiger partial charge < -0.3 is 11.1 Å². The lowest BCUT2D eigenvalue weighted by Gasteiger charge is -2.46. The fourth-order valence-electron chi connectivity index (χ4n) is 5.78. The van der Waals surface area contributed by atoms with Crippen molar-refractivity contribution in [1.82, 2.24) is 0 Å². The van der Waals surface area contributed by atoms with Crippen molar-refractivity contribution in [3.05, 3.63) is 80.8 Å². The zero-order valence-corrected chi connectivity index (χ0v) is 21.0. The summed E-state index contributed by atoms with van der Waals surface area (Å²) < 4.78 is 0. The van der Waals surface area contributed by atoms with Crippen LogP contribution in [0.5, 0.6) is 0 Å². The van der Waals surface area contributed by atoms with Gasteiger partial charge in [0.1, 0.15) is 17.3 Å². The second kappa shape index (κ2) is 7.73. The summed E-state index contributed by atoms with van der Waals surface area (Å²) >= 11 is 6.36. The lowest BCUT2D eigenvalue weighted by atomic mass is 9.60. The van der Waals surface area contributed by atoms with Crippen molar-refractivity contribution in [3.63, 3.8) is 0 Å². The van der Waals surface area contributed by atoms with Crippen LogP contribution in [-0.4, -0.2) is 11.7 Å². The highest BCUT2D eigenvalue weighted by molar-refractivity contribution is 6.32. The molecule has 1 atom stereocenters. The first-order chi connectivity index (χ1) is 16.6. The van der Waals surface area contributed by atoms with Crippen LogP contribution in [0.1, 0.15) is 50.3 Å². The number of nitrogens with two attached hydrogens (primary N) is 1. The van der Waals surface area contributed by atoms with E-state index in [2.05, 4.69) is 18.3 Å². The van der Waals surface area contributed by atoms with Crippen LogP contribution >= 0.6 is 11.6 Å². The number of amides is 1. The molecule has 6 nitrogen and oxygen atoms in total. The second-order valence-electron chi connectivity index (χ2n) is 10.3. The maximum Gasteiger partial charge on any atom is 0.245 e. The molecule has 1 aliphatic carbocycles. The number of carbonyl (C=O) groups excluding carboxylic acids is 2. The molecule has 5 rings (SSSR count). The fraction of sp³-hybridized carbons (Fsp3) is 0.321. The Bertz CT molecular complexity index is 1410. The molecule has 1 amide bonds. The number of benzene rings is 2. The van der Waals surface area contributed by atoms with E-state index in [-0.39, 0.29) is 29.0 Å². The average Bonchev–Trinajstić information content (AvgIpc) is 3.08. The predicted molar refractivity (Wildman–Crippen MR) is 137 cm³/mol. The minimum Gasteiger partial charge on any atom is -0.384 e. The maximum absolute atomic E-state index is 13.9. The van der Waals surface area contributed by atoms with E-state index in [4.69, 9.17) is 17.3 Å². The number of ketones is 1. The lowest BCUT2D eigenvalue weighted by molar-refractivity contribution is -0.123. The van der Waals surface area contributed by atoms with Crippen molar-refractivity contribution in [2.45, 2.75) is 52.4 Å². The van der Waals surface area contributed by atoms with E-state index >= 15 is 0 Å². The van der Waals surface area contributed by atoms with Crippen LogP contribution in [0.25, 0.3) is 0 Å². The van der Waals surface area contributed by atoms with Crippen LogP contribution in [0, 0.1) is 23.7 Å². The molecular formula is C28H27ClN4O2. The van der Waals surface area contributed by atoms with Gasteiger partial charge in [0, 0.05) is 34.0 Å². The summed E-state index contributed by atoms with van der Waals surface area (Å²) in [4.78, 5) is 29.6. The summed E-state index contributed by atoms with van der Waals surface area (Å²) in [5.41, 5.74) is 9.56. The maximum atomic E-state index is 13.9. The minimum atomic E-state index is -1.60. The van der Waals surface area contributed by atoms with Gasteiger partial charge in [-0.1, -0.05) is 50.6 Å². The molecule has 0 radical (unpaired) electrons. The highest BCUT2D eigenvalue weighted by atomic mass is 35.5. The van der Waals surface area contributed by atoms with Crippen LogP contribution in [0.3, 0.4) is 0 Å². The van der Waals surface area contributed by atoms with Crippen LogP contribution in [0.4, 0.5) is 11.4 Å². The second-order valence-corrected chi connectivity index (χ2v) is 10.7. The number of hydrogen-bond donors (Lipinski definition) is 2. The highest BCUT2D eigenvalue weighted by Gasteiger charge is 2.61. The van der Waals surface area contributed by atoms with Gasteiger partial charge in [-0.15, -0.1) is 0 Å². The van der Waals surface area contributed by atoms with Crippen LogP contribution in [0.2, 0.25) is 5.02 Å². The van der Waals surface area contributed by atoms with Gasteiger partial charge in [0.25, 0.3) is 0 Å². The molecule has 7 heteroatoms. The molecule has 3 aliphatic rings. The van der Waals surface area contributed by atoms with Crippen LogP contribution in [0.15, 0.2) is 59.1 Å². The highest BCUT2D eigenvalue weighted by Crippen LogP contribution is 2.57. The number of hydrogen-bond acceptors (Lipinski definition) is 5. The van der Waals surface area contributed by atoms with Crippen LogP contribution in [-0.2, 0) is 21.4 Å². The Balaban J connectivity index is 1.88. The molecule has 1 spiro atoms. The fourth-order valence-corrected chi connectivity index (χ4v) is 5.94. The standard InChI is InChI=1S/C28H27ClN4O2/c1-5-16-6-8-17(9-7-16)33-21-12-27(3,4)13-22(34)23(21)28(19(14-30)25(33)31)18-10-11-20(29)15(2)24(18)32-26(28)35/h6-11H,5,12-13,31H2,1-4H3,(H,32,35). The molecule has 2 heterocycles. The molecule has 0 aromatic heterocycles. The van der Waals surface area contributed by atoms with Gasteiger partial charge in [0.15, 0.2) is 5.78 Å². The van der Waals surface area contributed by atoms with Crippen molar-refractivity contribution >= 4 is 34.7 Å². The van der Waals surface area contributed by atoms with Gasteiger partial charge >= 0.3 is 0 Å². The number of fused-ring (bicyclic) bond motifs is 3. The number of nitrogens with zero attached hydrogens (tertiary/aromatic N) is 2. The zero-order valence-electron chi connectivity index (χ0n) is 20.3. The summed E-state index contributed by atoms with van der Waals surface area (Å²) in [6.45, 7) is 7.96. The summed E-state index contributed by atoms with van der Waals surface area (Å²) in [5, 5.41) is 13.8. The number of halogens is 1. The van der Waals surface area contributed by atoms with Gasteiger partial charge in [0.05, 0.1) is 11.3 Å². The SMILES string of the molecule is CCc1ccc(N2C(N)=C(C#N)C3(C(=O)Nc4c3ccc(Cl)c4C)C3=C2CC(C)(C)CC3=O)cc1. The van der Waals surface area contributed by atoms with Crippen molar-refractivity contribution < 1.29 is 9.59 Å². The minimum absolute atomic E-state index is 0.0573. The molecule has 1 unspecified atom stereocenters. The van der Waals surface area contributed by atoms with Gasteiger partial charge in [0.2, 0.25) is 5.91 Å². The number of allylic oxidation sites excluding steroid dienone is 1. The predicted octanol–water partition coefficient (Wildman–Crippen LogP) is 5.26. The molecule has 2 aliphatic heterocycles. The van der Waals surface area contributed by atoms with E-state index in [0.29, 0.717) is 39.5 Å². The van der Waals surface area contributed by atoms with E-state index in [1.54, 1.807) is 17.0 Å². The first-order valence-electron chi connectivity index (χ1n) is 11.7. The Morgan fingerprint density at radius 1 is 1.14 bits per heavy atom. The van der Waals surface area contributed by atoms with E-state index in [0.717, 1.165) is 17.7 Å². The number of nitrogens with one attached hydrogen (secondary N) is 1. The lowest BCUT2D eigenvalue weighted by Crippen LogP contribution is -2.52. The van der Waals surface area contributed by atoms with Gasteiger partial charge in [-0.2, -0.15) is 5.26 Å². The Hall–Kier alpha value is -3.56. The molecular weight excluding hydrogens is 460 g/mol. The van der Waals surface area contributed by atoms with Crippen molar-refractivity contribution in [2.24, 2.45) is 11.1 Å². The summed E-state index contributed by atoms with van der Waals surface area (Å²) in [6.07, 6.45) is 1.68. The van der Waals surface area contributed by atoms with E-state index in [9.17, 15) is 14.9 Å². The monoisotopic (exact) mass is 486 g/mol. The van der Waals surface area contributed by atoms with E-state index in [1.165, 1.54) is 0 Å². The van der Waals surface area contributed by atoms with E-state index < -0.39 is 11.3 Å². The first kappa shape index (κ1) is 23.2. The molecule has 0 fully saturated rings. The van der Waals surface area contributed by atoms with Crippen LogP contribution < -0.4 is 16.0 Å². The Labute approximate surface area is 210 Å². The molecule has 178 valence electrons. The van der Waals surface area contributed by atoms with Crippen molar-refractivity contribution in [1.29, 1.82) is 5.26 Å². The number of Topliss-reactive ketones (excluding diaryl/α,β-unsaturated/α-hetero) is 1. The summed E-state index contributed by atoms with van der Waals surface area (Å²) in [6, 6.07) is 13.6. The smallest absolute Gasteiger partial charge is 0.245 e. The third-order valence-electron chi connectivity index (χ3n) is 7.47. The summed E-state index contributed by atoms with van der Waals surface area (Å²) in [7, 11) is 0. The molecule has 35 heavy (non-hydrogen) atoms. The molecule has 2 aromatic carbocycles. The molecule has 0 saturated carbocycles. The summed E-state index contributed by atoms with van der Waals surface area (Å²) in [5.74, 6) is -0.433. The zero-order chi connectivity index (χ0) is 25.3. The van der Waals surface area contributed by atoms with Gasteiger partial charge in [-0.3, -0.25) is 14.5 Å². The number of carbonyl (C=O) groups is 2. The molecule has 0 saturated heterocycles. The van der Waals surface area contributed by atoms with Crippen molar-refractivity contribution in [3.8, 4) is 6.07 Å². The number of anilines is 2. The largest absolute Gasteiger partial charge is 0.384 e. The van der Waals surface area contributed by atoms with Gasteiger partial charge in [-0.05, 0) is 54.5 Å². The first-order valence-corrected chi connectivity index (χ1v) is 12.1. The molecule has 2 aromatic rings. The van der Waals surface area contributed by atoms with Gasteiger partial charge in [-0.25, -0.2) is 0 Å². The Kier molecular flexibility index (Phi) is 5.12. The average molecular weight is 487 g/mol. The molecule has 3 N–H and O–H groups in total. The number of rotatable bonds is 2. The Morgan fingerprint density at radius 2 is 1.83 bits per heavy atom. The third-order valence-corrected chi connectivity index (χ3v) is 7.88. The topological polar surface area (TPSA) is 99.2 Å². The number of aryl methyl sites for hydroxylation is 1. The van der Waals surface area contributed by atoms with E-state index in [1.807, 2.05) is 45.0 Å². The quantitative estimate of drug-likeness (QED) is 0.603. The third kappa shape index (κ3) is 3.08. The normalized spacial score (nSPS) is 22.8. The Morgan fingerprint density at radius 3 is 2.46 bits per heavy atom.